The normalized spacial score (nSPS) is 12.4. The van der Waals surface area contributed by atoms with Gasteiger partial charge in [0.25, 0.3) is 0 Å². The van der Waals surface area contributed by atoms with Gasteiger partial charge in [-0.05, 0) is 48.9 Å². The Kier molecular flexibility index (Phi) is 5.94. The lowest BCUT2D eigenvalue weighted by Crippen LogP contribution is -2.19. The van der Waals surface area contributed by atoms with Crippen molar-refractivity contribution in [2.75, 3.05) is 7.05 Å². The summed E-state index contributed by atoms with van der Waals surface area (Å²) >= 11 is 19.6. The molecule has 2 aromatic carbocycles. The van der Waals surface area contributed by atoms with Crippen LogP contribution in [-0.4, -0.2) is 7.05 Å². The van der Waals surface area contributed by atoms with Crippen LogP contribution < -0.4 is 5.32 Å². The molecule has 0 aromatic heterocycles. The average Bonchev–Trinajstić information content (AvgIpc) is 2.40. The molecular formula is C15H13Br2Cl2N. The Morgan fingerprint density at radius 2 is 1.75 bits per heavy atom. The van der Waals surface area contributed by atoms with Crippen molar-refractivity contribution in [1.82, 2.24) is 5.32 Å². The number of halogens is 4. The lowest BCUT2D eigenvalue weighted by molar-refractivity contribution is 0.590. The number of hydrogen-bond donors (Lipinski definition) is 1. The molecule has 0 saturated heterocycles. The monoisotopic (exact) mass is 435 g/mol. The van der Waals surface area contributed by atoms with Gasteiger partial charge in [0.15, 0.2) is 0 Å². The maximum atomic E-state index is 6.25. The minimum absolute atomic E-state index is 0.134. The summed E-state index contributed by atoms with van der Waals surface area (Å²) < 4.78 is 2.09. The first-order chi connectivity index (χ1) is 9.52. The van der Waals surface area contributed by atoms with Crippen molar-refractivity contribution in [1.29, 1.82) is 0 Å². The Morgan fingerprint density at radius 3 is 2.30 bits per heavy atom. The van der Waals surface area contributed by atoms with Crippen LogP contribution in [0.3, 0.4) is 0 Å². The maximum Gasteiger partial charge on any atom is 0.0453 e. The molecule has 1 nitrogen and oxygen atoms in total. The molecule has 106 valence electrons. The lowest BCUT2D eigenvalue weighted by atomic mass is 9.99. The zero-order chi connectivity index (χ0) is 14.7. The largest absolute Gasteiger partial charge is 0.313 e. The second-order valence-corrected chi connectivity index (χ2v) is 7.00. The van der Waals surface area contributed by atoms with E-state index in [1.807, 2.05) is 37.4 Å². The Morgan fingerprint density at radius 1 is 1.10 bits per heavy atom. The van der Waals surface area contributed by atoms with Gasteiger partial charge in [0.05, 0.1) is 0 Å². The van der Waals surface area contributed by atoms with Crippen LogP contribution in [0, 0.1) is 0 Å². The zero-order valence-corrected chi connectivity index (χ0v) is 15.4. The predicted molar refractivity (Wildman–Crippen MR) is 93.8 cm³/mol. The first-order valence-electron chi connectivity index (χ1n) is 6.08. The predicted octanol–water partition coefficient (Wildman–Crippen LogP) is 6.02. The van der Waals surface area contributed by atoms with Crippen molar-refractivity contribution in [3.63, 3.8) is 0 Å². The second-order valence-electron chi connectivity index (χ2n) is 4.41. The molecular weight excluding hydrogens is 425 g/mol. The van der Waals surface area contributed by atoms with E-state index >= 15 is 0 Å². The SMILES string of the molecule is CNC(Cc1c(Cl)cccc1Cl)c1ccc(Br)cc1Br. The highest BCUT2D eigenvalue weighted by molar-refractivity contribution is 9.11. The number of rotatable bonds is 4. The lowest BCUT2D eigenvalue weighted by Gasteiger charge is -2.20. The van der Waals surface area contributed by atoms with E-state index in [4.69, 9.17) is 23.2 Å². The molecule has 0 amide bonds. The van der Waals surface area contributed by atoms with E-state index in [9.17, 15) is 0 Å². The molecule has 0 saturated carbocycles. The van der Waals surface area contributed by atoms with Crippen LogP contribution in [0.2, 0.25) is 10.0 Å². The summed E-state index contributed by atoms with van der Waals surface area (Å²) in [4.78, 5) is 0. The molecule has 20 heavy (non-hydrogen) atoms. The van der Waals surface area contributed by atoms with E-state index in [2.05, 4.69) is 43.2 Å². The fourth-order valence-corrected chi connectivity index (χ4v) is 3.96. The molecule has 0 aliphatic carbocycles. The number of hydrogen-bond acceptors (Lipinski definition) is 1. The quantitative estimate of drug-likeness (QED) is 0.616. The van der Waals surface area contributed by atoms with Crippen LogP contribution in [0.5, 0.6) is 0 Å². The third-order valence-electron chi connectivity index (χ3n) is 3.16. The Bertz CT molecular complexity index is 597. The van der Waals surface area contributed by atoms with Crippen molar-refractivity contribution >= 4 is 55.1 Å². The van der Waals surface area contributed by atoms with Crippen LogP contribution in [0.1, 0.15) is 17.2 Å². The van der Waals surface area contributed by atoms with Gasteiger partial charge in [-0.3, -0.25) is 0 Å². The summed E-state index contributed by atoms with van der Waals surface area (Å²) in [5.74, 6) is 0. The summed E-state index contributed by atoms with van der Waals surface area (Å²) in [6.07, 6.45) is 0.731. The fourth-order valence-electron chi connectivity index (χ4n) is 2.08. The highest BCUT2D eigenvalue weighted by Crippen LogP contribution is 2.32. The third kappa shape index (κ3) is 3.77. The number of benzene rings is 2. The molecule has 0 radical (unpaired) electrons. The van der Waals surface area contributed by atoms with Crippen molar-refractivity contribution in [2.45, 2.75) is 12.5 Å². The topological polar surface area (TPSA) is 12.0 Å². The molecule has 0 fully saturated rings. The van der Waals surface area contributed by atoms with E-state index in [1.54, 1.807) is 0 Å². The average molecular weight is 438 g/mol. The van der Waals surface area contributed by atoms with Gasteiger partial charge in [-0.25, -0.2) is 0 Å². The van der Waals surface area contributed by atoms with Gasteiger partial charge in [0.1, 0.15) is 0 Å². The smallest absolute Gasteiger partial charge is 0.0453 e. The van der Waals surface area contributed by atoms with E-state index in [0.717, 1.165) is 20.9 Å². The van der Waals surface area contributed by atoms with Crippen LogP contribution >= 0.6 is 55.1 Å². The summed E-state index contributed by atoms with van der Waals surface area (Å²) in [6.45, 7) is 0. The molecule has 1 N–H and O–H groups in total. The van der Waals surface area contributed by atoms with E-state index in [0.29, 0.717) is 10.0 Å². The summed E-state index contributed by atoms with van der Waals surface area (Å²) in [7, 11) is 1.93. The Labute approximate surface area is 145 Å². The van der Waals surface area contributed by atoms with E-state index in [1.165, 1.54) is 5.56 Å². The maximum absolute atomic E-state index is 6.25. The fraction of sp³-hybridized carbons (Fsp3) is 0.200. The molecule has 0 bridgehead atoms. The van der Waals surface area contributed by atoms with Gasteiger partial charge < -0.3 is 5.32 Å². The van der Waals surface area contributed by atoms with Crippen LogP contribution in [0.25, 0.3) is 0 Å². The van der Waals surface area contributed by atoms with Gasteiger partial charge in [-0.2, -0.15) is 0 Å². The zero-order valence-electron chi connectivity index (χ0n) is 10.8. The van der Waals surface area contributed by atoms with Crippen molar-refractivity contribution in [2.24, 2.45) is 0 Å². The van der Waals surface area contributed by atoms with Crippen molar-refractivity contribution in [3.8, 4) is 0 Å². The number of nitrogens with one attached hydrogen (secondary N) is 1. The highest BCUT2D eigenvalue weighted by Gasteiger charge is 2.16. The molecule has 1 atom stereocenters. The summed E-state index contributed by atoms with van der Waals surface area (Å²) in [5.41, 5.74) is 2.14. The van der Waals surface area contributed by atoms with Gasteiger partial charge in [0, 0.05) is 25.0 Å². The summed E-state index contributed by atoms with van der Waals surface area (Å²) in [6, 6.07) is 11.9. The Hall–Kier alpha value is -0.0600. The van der Waals surface area contributed by atoms with E-state index < -0.39 is 0 Å². The standard InChI is InChI=1S/C15H13Br2Cl2N/c1-20-15(10-6-5-9(16)7-12(10)17)8-11-13(18)3-2-4-14(11)19/h2-7,15,20H,8H2,1H3. The first-order valence-corrected chi connectivity index (χ1v) is 8.42. The Balaban J connectivity index is 2.34. The second kappa shape index (κ2) is 7.28. The molecule has 0 aliphatic rings. The van der Waals surface area contributed by atoms with Crippen LogP contribution in [-0.2, 0) is 6.42 Å². The minimum atomic E-state index is 0.134. The molecule has 2 rings (SSSR count). The van der Waals surface area contributed by atoms with Gasteiger partial charge in [0.2, 0.25) is 0 Å². The summed E-state index contributed by atoms with van der Waals surface area (Å²) in [5, 5.41) is 4.72. The molecule has 0 spiro atoms. The molecule has 2 aromatic rings. The minimum Gasteiger partial charge on any atom is -0.313 e. The molecule has 1 unspecified atom stereocenters. The van der Waals surface area contributed by atoms with Crippen molar-refractivity contribution < 1.29 is 0 Å². The first kappa shape index (κ1) is 16.3. The van der Waals surface area contributed by atoms with Gasteiger partial charge >= 0.3 is 0 Å². The van der Waals surface area contributed by atoms with Crippen LogP contribution in [0.4, 0.5) is 0 Å². The number of likely N-dealkylation sites (N-methyl/N-ethyl adjacent to an activating group) is 1. The third-order valence-corrected chi connectivity index (χ3v) is 5.04. The van der Waals surface area contributed by atoms with Crippen LogP contribution in [0.15, 0.2) is 45.3 Å². The molecule has 0 aliphatic heterocycles. The van der Waals surface area contributed by atoms with E-state index in [-0.39, 0.29) is 6.04 Å². The highest BCUT2D eigenvalue weighted by atomic mass is 79.9. The molecule has 0 heterocycles. The van der Waals surface area contributed by atoms with Crippen molar-refractivity contribution in [3.05, 3.63) is 66.5 Å². The van der Waals surface area contributed by atoms with Gasteiger partial charge in [-0.1, -0.05) is 67.2 Å². The van der Waals surface area contributed by atoms with Gasteiger partial charge in [-0.15, -0.1) is 0 Å². The molecule has 5 heteroatoms.